The molecule has 2 rings (SSSR count). The summed E-state index contributed by atoms with van der Waals surface area (Å²) in [5.41, 5.74) is 7.06. The summed E-state index contributed by atoms with van der Waals surface area (Å²) >= 11 is 1.27. The van der Waals surface area contributed by atoms with Crippen LogP contribution >= 0.6 is 11.8 Å². The van der Waals surface area contributed by atoms with Crippen LogP contribution in [0, 0.1) is 5.92 Å². The summed E-state index contributed by atoms with van der Waals surface area (Å²) in [4.78, 5) is 28.5. The second-order valence-electron chi connectivity index (χ2n) is 4.31. The van der Waals surface area contributed by atoms with Gasteiger partial charge in [-0.1, -0.05) is 11.8 Å². The van der Waals surface area contributed by atoms with Gasteiger partial charge in [0.2, 0.25) is 5.91 Å². The number of nitrogen functional groups attached to an aromatic ring is 1. The minimum atomic E-state index is 0.0452. The first-order valence-electron chi connectivity index (χ1n) is 5.71. The van der Waals surface area contributed by atoms with Crippen LogP contribution in [0.15, 0.2) is 18.5 Å². The molecule has 1 saturated heterocycles. The number of pyridine rings is 1. The third-order valence-electron chi connectivity index (χ3n) is 2.85. The maximum atomic E-state index is 11.9. The fraction of sp³-hybridized carbons (Fsp3) is 0.417. The zero-order valence-corrected chi connectivity index (χ0v) is 10.9. The van der Waals surface area contributed by atoms with E-state index >= 15 is 0 Å². The lowest BCUT2D eigenvalue weighted by Gasteiger charge is -2.17. The zero-order valence-electron chi connectivity index (χ0n) is 10.1. The Morgan fingerprint density at radius 2 is 2.44 bits per heavy atom. The van der Waals surface area contributed by atoms with Crippen molar-refractivity contribution < 1.29 is 9.59 Å². The van der Waals surface area contributed by atoms with E-state index in [1.165, 1.54) is 18.7 Å². The summed E-state index contributed by atoms with van der Waals surface area (Å²) in [5, 5.41) is 0.0850. The Balaban J connectivity index is 2.06. The van der Waals surface area contributed by atoms with Gasteiger partial charge in [0.05, 0.1) is 17.6 Å². The van der Waals surface area contributed by atoms with E-state index < -0.39 is 0 Å². The molecule has 0 bridgehead atoms. The minimum absolute atomic E-state index is 0.0452. The molecule has 2 heterocycles. The Labute approximate surface area is 110 Å². The van der Waals surface area contributed by atoms with E-state index in [1.54, 1.807) is 23.4 Å². The summed E-state index contributed by atoms with van der Waals surface area (Å²) in [5.74, 6) is 0.924. The molecule has 2 N–H and O–H groups in total. The van der Waals surface area contributed by atoms with E-state index in [1.807, 2.05) is 0 Å². The van der Waals surface area contributed by atoms with Gasteiger partial charge in [0.25, 0.3) is 0 Å². The Morgan fingerprint density at radius 3 is 3.11 bits per heavy atom. The Bertz CT molecular complexity index is 478. The smallest absolute Gasteiger partial charge is 0.227 e. The summed E-state index contributed by atoms with van der Waals surface area (Å²) in [6.07, 6.45) is 3.67. The zero-order chi connectivity index (χ0) is 13.1. The van der Waals surface area contributed by atoms with Crippen LogP contribution in [0.5, 0.6) is 0 Å². The first kappa shape index (κ1) is 12.9. The summed E-state index contributed by atoms with van der Waals surface area (Å²) < 4.78 is 0. The molecule has 0 aliphatic carbocycles. The van der Waals surface area contributed by atoms with E-state index in [0.717, 1.165) is 0 Å². The molecule has 0 saturated carbocycles. The first-order chi connectivity index (χ1) is 8.58. The highest BCUT2D eigenvalue weighted by Gasteiger charge is 2.31. The molecule has 5 nitrogen and oxygen atoms in total. The third-order valence-corrected chi connectivity index (χ3v) is 3.90. The highest BCUT2D eigenvalue weighted by atomic mass is 32.2. The number of hydrogen-bond donors (Lipinski definition) is 1. The van der Waals surface area contributed by atoms with Crippen molar-refractivity contribution in [3.63, 3.8) is 0 Å². The van der Waals surface area contributed by atoms with Gasteiger partial charge in [0.1, 0.15) is 0 Å². The number of nitrogens with two attached hydrogens (primary N) is 1. The molecule has 1 fully saturated rings. The highest BCUT2D eigenvalue weighted by molar-refractivity contribution is 8.13. The van der Waals surface area contributed by atoms with Crippen molar-refractivity contribution in [1.29, 1.82) is 0 Å². The monoisotopic (exact) mass is 265 g/mol. The lowest BCUT2D eigenvalue weighted by atomic mass is 10.1. The van der Waals surface area contributed by atoms with Gasteiger partial charge in [-0.05, 0) is 12.0 Å². The average Bonchev–Trinajstić information content (AvgIpc) is 2.69. The Morgan fingerprint density at radius 1 is 1.67 bits per heavy atom. The number of anilines is 2. The van der Waals surface area contributed by atoms with Gasteiger partial charge in [-0.15, -0.1) is 0 Å². The SMILES string of the molecule is CC(=O)SCC1CC(=O)N(c2cnccc2N)C1. The van der Waals surface area contributed by atoms with E-state index in [0.29, 0.717) is 30.1 Å². The predicted octanol–water partition coefficient (Wildman–Crippen LogP) is 1.30. The van der Waals surface area contributed by atoms with Gasteiger partial charge in [-0.2, -0.15) is 0 Å². The number of carbonyl (C=O) groups excluding carboxylic acids is 2. The van der Waals surface area contributed by atoms with Crippen LogP contribution < -0.4 is 10.6 Å². The molecule has 0 aromatic carbocycles. The number of rotatable bonds is 3. The Kier molecular flexibility index (Phi) is 3.86. The van der Waals surface area contributed by atoms with Crippen molar-refractivity contribution >= 4 is 34.2 Å². The fourth-order valence-corrected chi connectivity index (χ4v) is 2.68. The molecule has 1 atom stereocenters. The summed E-state index contributed by atoms with van der Waals surface area (Å²) in [6, 6.07) is 1.68. The first-order valence-corrected chi connectivity index (χ1v) is 6.69. The number of nitrogens with zero attached hydrogens (tertiary/aromatic N) is 2. The molecule has 1 aliphatic rings. The topological polar surface area (TPSA) is 76.3 Å². The lowest BCUT2D eigenvalue weighted by Crippen LogP contribution is -2.25. The van der Waals surface area contributed by atoms with Crippen LogP contribution in [0.1, 0.15) is 13.3 Å². The largest absolute Gasteiger partial charge is 0.397 e. The second kappa shape index (κ2) is 5.39. The van der Waals surface area contributed by atoms with E-state index in [2.05, 4.69) is 4.98 Å². The molecule has 1 aliphatic heterocycles. The molecule has 1 aromatic rings. The van der Waals surface area contributed by atoms with Gasteiger partial charge in [0, 0.05) is 31.8 Å². The van der Waals surface area contributed by atoms with Crippen LogP contribution in [-0.4, -0.2) is 28.3 Å². The molecule has 1 amide bonds. The van der Waals surface area contributed by atoms with Gasteiger partial charge in [-0.25, -0.2) is 0 Å². The molecule has 96 valence electrons. The lowest BCUT2D eigenvalue weighted by molar-refractivity contribution is -0.117. The second-order valence-corrected chi connectivity index (χ2v) is 5.51. The van der Waals surface area contributed by atoms with Crippen molar-refractivity contribution in [2.24, 2.45) is 5.92 Å². The quantitative estimate of drug-likeness (QED) is 0.891. The van der Waals surface area contributed by atoms with Crippen molar-refractivity contribution in [2.75, 3.05) is 22.9 Å². The average molecular weight is 265 g/mol. The van der Waals surface area contributed by atoms with Gasteiger partial charge >= 0.3 is 0 Å². The van der Waals surface area contributed by atoms with Crippen LogP contribution in [0.2, 0.25) is 0 Å². The predicted molar refractivity (Wildman–Crippen MR) is 72.2 cm³/mol. The molecular formula is C12H15N3O2S. The Hall–Kier alpha value is -1.56. The summed E-state index contributed by atoms with van der Waals surface area (Å²) in [7, 11) is 0. The van der Waals surface area contributed by atoms with Gasteiger partial charge in [0.15, 0.2) is 5.12 Å². The maximum absolute atomic E-state index is 11.9. The number of thioether (sulfide) groups is 1. The van der Waals surface area contributed by atoms with E-state index in [9.17, 15) is 9.59 Å². The normalized spacial score (nSPS) is 19.3. The molecule has 0 spiro atoms. The van der Waals surface area contributed by atoms with Crippen molar-refractivity contribution in [2.45, 2.75) is 13.3 Å². The third kappa shape index (κ3) is 2.81. The van der Waals surface area contributed by atoms with Gasteiger partial charge < -0.3 is 10.6 Å². The molecule has 1 aromatic heterocycles. The minimum Gasteiger partial charge on any atom is -0.397 e. The number of amides is 1. The van der Waals surface area contributed by atoms with Gasteiger partial charge in [-0.3, -0.25) is 14.6 Å². The van der Waals surface area contributed by atoms with Crippen molar-refractivity contribution in [1.82, 2.24) is 4.98 Å². The molecule has 18 heavy (non-hydrogen) atoms. The van der Waals surface area contributed by atoms with Crippen LogP contribution in [0.25, 0.3) is 0 Å². The number of hydrogen-bond acceptors (Lipinski definition) is 5. The summed E-state index contributed by atoms with van der Waals surface area (Å²) in [6.45, 7) is 2.15. The number of carbonyl (C=O) groups is 2. The van der Waals surface area contributed by atoms with E-state index in [4.69, 9.17) is 5.73 Å². The van der Waals surface area contributed by atoms with E-state index in [-0.39, 0.29) is 16.9 Å². The van der Waals surface area contributed by atoms with Crippen molar-refractivity contribution in [3.8, 4) is 0 Å². The fourth-order valence-electron chi connectivity index (χ4n) is 1.98. The molecule has 1 unspecified atom stereocenters. The maximum Gasteiger partial charge on any atom is 0.227 e. The van der Waals surface area contributed by atoms with Crippen LogP contribution in [-0.2, 0) is 9.59 Å². The highest BCUT2D eigenvalue weighted by Crippen LogP contribution is 2.30. The molecular weight excluding hydrogens is 250 g/mol. The van der Waals surface area contributed by atoms with Crippen LogP contribution in [0.3, 0.4) is 0 Å². The standard InChI is InChI=1S/C12H15N3O2S/c1-8(16)18-7-9-4-12(17)15(6-9)11-5-14-3-2-10(11)13/h2-3,5,9H,4,6-7H2,1H3,(H2,13,14). The number of aromatic nitrogens is 1. The molecule has 0 radical (unpaired) electrons. The van der Waals surface area contributed by atoms with Crippen LogP contribution in [0.4, 0.5) is 11.4 Å². The molecule has 6 heteroatoms. The van der Waals surface area contributed by atoms with Crippen molar-refractivity contribution in [3.05, 3.63) is 18.5 Å².